The van der Waals surface area contributed by atoms with E-state index in [1.807, 2.05) is 51.1 Å². The van der Waals surface area contributed by atoms with Gasteiger partial charge in [-0.15, -0.1) is 0 Å². The predicted octanol–water partition coefficient (Wildman–Crippen LogP) is 5.00. The van der Waals surface area contributed by atoms with E-state index >= 15 is 0 Å². The molecular weight excluding hydrogens is 364 g/mol. The van der Waals surface area contributed by atoms with Crippen LogP contribution in [0.4, 0.5) is 0 Å². The lowest BCUT2D eigenvalue weighted by Crippen LogP contribution is -2.01. The highest BCUT2D eigenvalue weighted by Crippen LogP contribution is 2.25. The molecule has 0 bridgehead atoms. The first-order valence-electron chi connectivity index (χ1n) is 9.62. The van der Waals surface area contributed by atoms with Gasteiger partial charge >= 0.3 is 0 Å². The van der Waals surface area contributed by atoms with E-state index in [4.69, 9.17) is 9.47 Å². The van der Waals surface area contributed by atoms with Crippen LogP contribution in [-0.4, -0.2) is 22.7 Å². The number of hydrogen-bond donors (Lipinski definition) is 0. The van der Waals surface area contributed by atoms with E-state index in [2.05, 4.69) is 11.2 Å². The molecule has 1 heterocycles. The van der Waals surface area contributed by atoms with Crippen LogP contribution in [0.1, 0.15) is 39.5 Å². The quantitative estimate of drug-likeness (QED) is 0.401. The summed E-state index contributed by atoms with van der Waals surface area (Å²) in [6.45, 7) is 7.17. The minimum Gasteiger partial charge on any atom is -0.496 e. The van der Waals surface area contributed by atoms with Crippen molar-refractivity contribution in [2.24, 2.45) is 0 Å². The second kappa shape index (κ2) is 9.24. The first-order chi connectivity index (χ1) is 14.0. The fraction of sp³-hybridized carbons (Fsp3) is 0.250. The molecule has 0 saturated heterocycles. The monoisotopic (exact) mass is 390 g/mol. The molecule has 2 aromatic carbocycles. The Hall–Kier alpha value is -3.34. The number of ketones is 1. The van der Waals surface area contributed by atoms with Gasteiger partial charge in [-0.25, -0.2) is 0 Å². The van der Waals surface area contributed by atoms with Gasteiger partial charge in [0, 0.05) is 18.3 Å². The fourth-order valence-corrected chi connectivity index (χ4v) is 2.97. The standard InChI is InChI=1S/C24H26N2O3/c1-5-26-15-21(14-25-26)22(27)10-8-19-9-11-23(28-4)20(13-19)16-29-24-12-17(2)6-7-18(24)3/h6-15H,5,16H2,1-4H3/b10-8+. The number of rotatable bonds is 8. The molecule has 0 spiro atoms. The van der Waals surface area contributed by atoms with E-state index in [9.17, 15) is 4.79 Å². The molecule has 5 heteroatoms. The highest BCUT2D eigenvalue weighted by Gasteiger charge is 2.08. The first kappa shape index (κ1) is 20.4. The van der Waals surface area contributed by atoms with E-state index < -0.39 is 0 Å². The summed E-state index contributed by atoms with van der Waals surface area (Å²) in [5.74, 6) is 1.54. The third-order valence-electron chi connectivity index (χ3n) is 4.70. The van der Waals surface area contributed by atoms with Gasteiger partial charge in [-0.3, -0.25) is 9.48 Å². The number of methoxy groups -OCH3 is 1. The number of allylic oxidation sites excluding steroid dienone is 1. The number of benzene rings is 2. The lowest BCUT2D eigenvalue weighted by atomic mass is 10.1. The summed E-state index contributed by atoms with van der Waals surface area (Å²) in [7, 11) is 1.64. The van der Waals surface area contributed by atoms with Crippen LogP contribution in [0.5, 0.6) is 11.5 Å². The van der Waals surface area contributed by atoms with Crippen molar-refractivity contribution >= 4 is 11.9 Å². The van der Waals surface area contributed by atoms with Gasteiger partial charge in [0.1, 0.15) is 18.1 Å². The maximum Gasteiger partial charge on any atom is 0.189 e. The Balaban J connectivity index is 1.75. The van der Waals surface area contributed by atoms with Crippen LogP contribution in [0, 0.1) is 13.8 Å². The SMILES string of the molecule is CCn1cc(C(=O)/C=C/c2ccc(OC)c(COc3cc(C)ccc3C)c2)cn1. The summed E-state index contributed by atoms with van der Waals surface area (Å²) in [5.41, 5.74) is 4.64. The average Bonchev–Trinajstić information content (AvgIpc) is 3.22. The van der Waals surface area contributed by atoms with Crippen LogP contribution >= 0.6 is 0 Å². The summed E-state index contributed by atoms with van der Waals surface area (Å²) < 4.78 is 13.2. The second-order valence-electron chi connectivity index (χ2n) is 6.91. The highest BCUT2D eigenvalue weighted by atomic mass is 16.5. The van der Waals surface area contributed by atoms with Gasteiger partial charge in [0.25, 0.3) is 0 Å². The zero-order chi connectivity index (χ0) is 20.8. The van der Waals surface area contributed by atoms with Gasteiger partial charge < -0.3 is 9.47 Å². The third kappa shape index (κ3) is 5.13. The van der Waals surface area contributed by atoms with E-state index in [1.54, 1.807) is 36.3 Å². The van der Waals surface area contributed by atoms with Crippen LogP contribution in [0.2, 0.25) is 0 Å². The van der Waals surface area contributed by atoms with Crippen LogP contribution < -0.4 is 9.47 Å². The number of aryl methyl sites for hydroxylation is 3. The molecule has 3 rings (SSSR count). The Morgan fingerprint density at radius 3 is 2.69 bits per heavy atom. The smallest absolute Gasteiger partial charge is 0.189 e. The Morgan fingerprint density at radius 1 is 1.14 bits per heavy atom. The van der Waals surface area contributed by atoms with Crippen molar-refractivity contribution in [2.75, 3.05) is 7.11 Å². The number of hydrogen-bond acceptors (Lipinski definition) is 4. The molecule has 0 aliphatic rings. The molecule has 3 aromatic rings. The van der Waals surface area contributed by atoms with E-state index in [1.165, 1.54) is 0 Å². The summed E-state index contributed by atoms with van der Waals surface area (Å²) in [4.78, 5) is 12.3. The maximum atomic E-state index is 12.3. The van der Waals surface area contributed by atoms with Crippen molar-refractivity contribution in [3.63, 3.8) is 0 Å². The lowest BCUT2D eigenvalue weighted by molar-refractivity contribution is 0.104. The maximum absolute atomic E-state index is 12.3. The van der Waals surface area contributed by atoms with Gasteiger partial charge in [-0.1, -0.05) is 24.3 Å². The number of carbonyl (C=O) groups is 1. The van der Waals surface area contributed by atoms with Crippen LogP contribution in [0.3, 0.4) is 0 Å². The molecule has 0 fully saturated rings. The zero-order valence-electron chi connectivity index (χ0n) is 17.3. The van der Waals surface area contributed by atoms with Crippen LogP contribution in [0.15, 0.2) is 54.9 Å². The largest absolute Gasteiger partial charge is 0.496 e. The van der Waals surface area contributed by atoms with Crippen LogP contribution in [0.25, 0.3) is 6.08 Å². The predicted molar refractivity (Wildman–Crippen MR) is 115 cm³/mol. The van der Waals surface area contributed by atoms with E-state index in [0.29, 0.717) is 12.2 Å². The van der Waals surface area contributed by atoms with Gasteiger partial charge in [0.2, 0.25) is 0 Å². The van der Waals surface area contributed by atoms with Gasteiger partial charge in [-0.2, -0.15) is 5.10 Å². The van der Waals surface area contributed by atoms with Crippen molar-refractivity contribution in [3.8, 4) is 11.5 Å². The molecule has 0 saturated carbocycles. The molecule has 0 aliphatic heterocycles. The van der Waals surface area contributed by atoms with Gasteiger partial charge in [0.15, 0.2) is 5.78 Å². The molecule has 5 nitrogen and oxygen atoms in total. The van der Waals surface area contributed by atoms with Gasteiger partial charge in [-0.05, 0) is 61.7 Å². The summed E-state index contributed by atoms with van der Waals surface area (Å²) in [5, 5.41) is 4.14. The molecule has 29 heavy (non-hydrogen) atoms. The Bertz CT molecular complexity index is 1030. The Morgan fingerprint density at radius 2 is 1.97 bits per heavy atom. The summed E-state index contributed by atoms with van der Waals surface area (Å²) in [6.07, 6.45) is 6.71. The highest BCUT2D eigenvalue weighted by molar-refractivity contribution is 6.06. The first-order valence-corrected chi connectivity index (χ1v) is 9.62. The molecule has 0 amide bonds. The Labute approximate surface area is 171 Å². The molecule has 0 unspecified atom stereocenters. The number of aromatic nitrogens is 2. The molecule has 0 radical (unpaired) electrons. The zero-order valence-corrected chi connectivity index (χ0v) is 17.3. The van der Waals surface area contributed by atoms with Crippen LogP contribution in [-0.2, 0) is 13.2 Å². The number of carbonyl (C=O) groups excluding carboxylic acids is 1. The molecular formula is C24H26N2O3. The topological polar surface area (TPSA) is 53.4 Å². The molecule has 150 valence electrons. The molecule has 1 aromatic heterocycles. The van der Waals surface area contributed by atoms with Crippen molar-refractivity contribution < 1.29 is 14.3 Å². The average molecular weight is 390 g/mol. The minimum absolute atomic E-state index is 0.0753. The number of nitrogens with zero attached hydrogens (tertiary/aromatic N) is 2. The summed E-state index contributed by atoms with van der Waals surface area (Å²) >= 11 is 0. The summed E-state index contributed by atoms with van der Waals surface area (Å²) in [6, 6.07) is 11.9. The van der Waals surface area contributed by atoms with Gasteiger partial charge in [0.05, 0.1) is 18.9 Å². The lowest BCUT2D eigenvalue weighted by Gasteiger charge is -2.13. The molecule has 0 atom stereocenters. The van der Waals surface area contributed by atoms with Crippen molar-refractivity contribution in [2.45, 2.75) is 33.9 Å². The third-order valence-corrected chi connectivity index (χ3v) is 4.70. The number of ether oxygens (including phenoxy) is 2. The molecule has 0 N–H and O–H groups in total. The minimum atomic E-state index is -0.0753. The van der Waals surface area contributed by atoms with E-state index in [-0.39, 0.29) is 5.78 Å². The second-order valence-corrected chi connectivity index (χ2v) is 6.91. The van der Waals surface area contributed by atoms with E-state index in [0.717, 1.165) is 40.3 Å². The van der Waals surface area contributed by atoms with Crippen molar-refractivity contribution in [3.05, 3.63) is 82.7 Å². The van der Waals surface area contributed by atoms with Crippen molar-refractivity contribution in [1.29, 1.82) is 0 Å². The Kier molecular flexibility index (Phi) is 6.50. The van der Waals surface area contributed by atoms with Crippen molar-refractivity contribution in [1.82, 2.24) is 9.78 Å². The fourth-order valence-electron chi connectivity index (χ4n) is 2.97. The molecule has 0 aliphatic carbocycles. The normalized spacial score (nSPS) is 11.0.